The normalized spacial score (nSPS) is 30.0. The number of amides is 1. The van der Waals surface area contributed by atoms with E-state index in [0.717, 1.165) is 53.8 Å². The summed E-state index contributed by atoms with van der Waals surface area (Å²) in [7, 11) is 0. The lowest BCUT2D eigenvalue weighted by atomic mass is 9.49. The molecule has 4 saturated carbocycles. The van der Waals surface area contributed by atoms with Gasteiger partial charge in [-0.2, -0.15) is 0 Å². The third-order valence-corrected chi connectivity index (χ3v) is 7.60. The summed E-state index contributed by atoms with van der Waals surface area (Å²) >= 11 is 6.28. The first-order valence-electron chi connectivity index (χ1n) is 10.5. The van der Waals surface area contributed by atoms with Crippen LogP contribution in [0.4, 0.5) is 5.69 Å². The summed E-state index contributed by atoms with van der Waals surface area (Å²) in [4.78, 5) is 17.9. The van der Waals surface area contributed by atoms with Gasteiger partial charge >= 0.3 is 0 Å². The average molecular weight is 407 g/mol. The molecule has 29 heavy (non-hydrogen) atoms. The monoisotopic (exact) mass is 406 g/mol. The molecule has 1 heterocycles. The third-order valence-electron chi connectivity index (χ3n) is 7.27. The van der Waals surface area contributed by atoms with Crippen LogP contribution in [0.3, 0.4) is 0 Å². The molecule has 0 atom stereocenters. The number of nitrogens with one attached hydrogen (secondary N) is 1. The number of aromatic nitrogens is 1. The van der Waals surface area contributed by atoms with Crippen molar-refractivity contribution >= 4 is 34.3 Å². The fourth-order valence-electron chi connectivity index (χ4n) is 6.40. The SMILES string of the molecule is O=C(Nc1ccc2nc(-c3ccccc3Cl)oc2c1)C12CC3CC(CC(C3)C1)C2. The van der Waals surface area contributed by atoms with E-state index in [1.54, 1.807) is 0 Å². The molecule has 4 aliphatic carbocycles. The highest BCUT2D eigenvalue weighted by Crippen LogP contribution is 2.60. The Labute approximate surface area is 174 Å². The van der Waals surface area contributed by atoms with Crippen molar-refractivity contribution in [1.82, 2.24) is 4.98 Å². The van der Waals surface area contributed by atoms with Gasteiger partial charge in [-0.1, -0.05) is 23.7 Å². The maximum atomic E-state index is 13.3. The van der Waals surface area contributed by atoms with E-state index >= 15 is 0 Å². The summed E-state index contributed by atoms with van der Waals surface area (Å²) in [5, 5.41) is 3.80. The maximum absolute atomic E-state index is 13.3. The molecule has 4 nitrogen and oxygen atoms in total. The molecule has 2 aromatic carbocycles. The van der Waals surface area contributed by atoms with Gasteiger partial charge in [0.05, 0.1) is 16.0 Å². The highest BCUT2D eigenvalue weighted by Gasteiger charge is 2.54. The highest BCUT2D eigenvalue weighted by atomic mass is 35.5. The number of carbonyl (C=O) groups excluding carboxylic acids is 1. The van der Waals surface area contributed by atoms with Crippen LogP contribution in [0.25, 0.3) is 22.6 Å². The van der Waals surface area contributed by atoms with Crippen LogP contribution in [0.2, 0.25) is 5.02 Å². The van der Waals surface area contributed by atoms with Gasteiger partial charge in [0, 0.05) is 11.8 Å². The molecule has 3 aromatic rings. The van der Waals surface area contributed by atoms with Crippen LogP contribution < -0.4 is 5.32 Å². The predicted molar refractivity (Wildman–Crippen MR) is 114 cm³/mol. The lowest BCUT2D eigenvalue weighted by Crippen LogP contribution is -2.51. The van der Waals surface area contributed by atoms with E-state index in [1.165, 1.54) is 19.3 Å². The smallest absolute Gasteiger partial charge is 0.230 e. The van der Waals surface area contributed by atoms with E-state index in [9.17, 15) is 4.79 Å². The number of carbonyl (C=O) groups is 1. The van der Waals surface area contributed by atoms with Gasteiger partial charge in [-0.15, -0.1) is 0 Å². The molecule has 4 bridgehead atoms. The minimum atomic E-state index is -0.159. The number of benzene rings is 2. The fourth-order valence-corrected chi connectivity index (χ4v) is 6.62. The Hall–Kier alpha value is -2.33. The van der Waals surface area contributed by atoms with Crippen LogP contribution in [-0.4, -0.2) is 10.9 Å². The van der Waals surface area contributed by atoms with Crippen molar-refractivity contribution in [3.8, 4) is 11.5 Å². The van der Waals surface area contributed by atoms with Gasteiger partial charge in [-0.25, -0.2) is 4.98 Å². The molecule has 0 spiro atoms. The van der Waals surface area contributed by atoms with Crippen molar-refractivity contribution in [3.05, 3.63) is 47.5 Å². The summed E-state index contributed by atoms with van der Waals surface area (Å²) in [6.07, 6.45) is 7.19. The van der Waals surface area contributed by atoms with Crippen molar-refractivity contribution in [1.29, 1.82) is 0 Å². The van der Waals surface area contributed by atoms with E-state index in [4.69, 9.17) is 16.0 Å². The fraction of sp³-hybridized carbons (Fsp3) is 0.417. The zero-order valence-electron chi connectivity index (χ0n) is 16.2. The van der Waals surface area contributed by atoms with Gasteiger partial charge in [-0.05, 0) is 80.5 Å². The van der Waals surface area contributed by atoms with Crippen LogP contribution in [0.15, 0.2) is 46.9 Å². The summed E-state index contributed by atoms with van der Waals surface area (Å²) in [5.41, 5.74) is 2.80. The number of hydrogen-bond acceptors (Lipinski definition) is 3. The highest BCUT2D eigenvalue weighted by molar-refractivity contribution is 6.33. The lowest BCUT2D eigenvalue weighted by molar-refractivity contribution is -0.140. The first-order valence-corrected chi connectivity index (χ1v) is 10.9. The van der Waals surface area contributed by atoms with E-state index in [1.807, 2.05) is 42.5 Å². The van der Waals surface area contributed by atoms with Gasteiger partial charge in [0.2, 0.25) is 11.8 Å². The van der Waals surface area contributed by atoms with Crippen molar-refractivity contribution in [2.75, 3.05) is 5.32 Å². The number of halogens is 1. The quantitative estimate of drug-likeness (QED) is 0.555. The van der Waals surface area contributed by atoms with Crippen molar-refractivity contribution in [2.24, 2.45) is 23.2 Å². The van der Waals surface area contributed by atoms with Gasteiger partial charge in [-0.3, -0.25) is 4.79 Å². The standard InChI is InChI=1S/C24H23ClN2O2/c25-19-4-2-1-3-18(19)22-27-20-6-5-17(10-21(20)29-22)26-23(28)24-11-14-7-15(12-24)9-16(8-14)13-24/h1-6,10,14-16H,7-9,11-13H2,(H,26,28). The zero-order valence-corrected chi connectivity index (χ0v) is 16.9. The van der Waals surface area contributed by atoms with Crippen LogP contribution in [0.5, 0.6) is 0 Å². The maximum Gasteiger partial charge on any atom is 0.230 e. The Bertz CT molecular complexity index is 1080. The van der Waals surface area contributed by atoms with Crippen LogP contribution in [0.1, 0.15) is 38.5 Å². The molecule has 0 radical (unpaired) electrons. The number of hydrogen-bond donors (Lipinski definition) is 1. The molecule has 148 valence electrons. The number of nitrogens with zero attached hydrogens (tertiary/aromatic N) is 1. The summed E-state index contributed by atoms with van der Waals surface area (Å²) in [5.74, 6) is 2.95. The molecule has 0 saturated heterocycles. The van der Waals surface area contributed by atoms with E-state index in [-0.39, 0.29) is 11.3 Å². The van der Waals surface area contributed by atoms with Gasteiger partial charge in [0.25, 0.3) is 0 Å². The van der Waals surface area contributed by atoms with Crippen molar-refractivity contribution < 1.29 is 9.21 Å². The summed E-state index contributed by atoms with van der Waals surface area (Å²) < 4.78 is 5.96. The molecule has 0 aliphatic heterocycles. The summed E-state index contributed by atoms with van der Waals surface area (Å²) in [6.45, 7) is 0. The van der Waals surface area contributed by atoms with Crippen LogP contribution in [0, 0.1) is 23.2 Å². The molecular formula is C24H23ClN2O2. The molecule has 0 unspecified atom stereocenters. The van der Waals surface area contributed by atoms with Crippen LogP contribution >= 0.6 is 11.6 Å². The minimum Gasteiger partial charge on any atom is -0.436 e. The average Bonchev–Trinajstić information content (AvgIpc) is 3.10. The first kappa shape index (κ1) is 17.5. The molecule has 1 amide bonds. The van der Waals surface area contributed by atoms with E-state index in [0.29, 0.717) is 16.5 Å². The minimum absolute atomic E-state index is 0.159. The number of rotatable bonds is 3. The molecule has 4 fully saturated rings. The molecule has 5 heteroatoms. The third kappa shape index (κ3) is 2.88. The van der Waals surface area contributed by atoms with Crippen LogP contribution in [-0.2, 0) is 4.79 Å². The molecule has 1 aromatic heterocycles. The Balaban J connectivity index is 1.28. The van der Waals surface area contributed by atoms with Gasteiger partial charge < -0.3 is 9.73 Å². The number of fused-ring (bicyclic) bond motifs is 1. The Morgan fingerprint density at radius 3 is 2.41 bits per heavy atom. The molecule has 1 N–H and O–H groups in total. The predicted octanol–water partition coefficient (Wildman–Crippen LogP) is 6.30. The van der Waals surface area contributed by atoms with Crippen molar-refractivity contribution in [3.63, 3.8) is 0 Å². The Morgan fingerprint density at radius 2 is 1.72 bits per heavy atom. The second-order valence-corrected chi connectivity index (χ2v) is 9.74. The van der Waals surface area contributed by atoms with E-state index in [2.05, 4.69) is 10.3 Å². The Morgan fingerprint density at radius 1 is 1.03 bits per heavy atom. The van der Waals surface area contributed by atoms with E-state index < -0.39 is 0 Å². The largest absolute Gasteiger partial charge is 0.436 e. The second kappa shape index (κ2) is 6.33. The van der Waals surface area contributed by atoms with Gasteiger partial charge in [0.1, 0.15) is 5.52 Å². The topological polar surface area (TPSA) is 55.1 Å². The lowest BCUT2D eigenvalue weighted by Gasteiger charge is -2.55. The molecule has 7 rings (SSSR count). The van der Waals surface area contributed by atoms with Crippen molar-refractivity contribution in [2.45, 2.75) is 38.5 Å². The molecule has 4 aliphatic rings. The number of oxazole rings is 1. The van der Waals surface area contributed by atoms with Gasteiger partial charge in [0.15, 0.2) is 5.58 Å². The number of anilines is 1. The zero-order chi connectivity index (χ0) is 19.6. The second-order valence-electron chi connectivity index (χ2n) is 9.33. The Kier molecular flexibility index (Phi) is 3.83. The first-order chi connectivity index (χ1) is 14.1. The summed E-state index contributed by atoms with van der Waals surface area (Å²) in [6, 6.07) is 13.2. The molecular weight excluding hydrogens is 384 g/mol.